The lowest BCUT2D eigenvalue weighted by Gasteiger charge is -2.19. The largest absolute Gasteiger partial charge is 0.465 e. The molecule has 2 aromatic carbocycles. The van der Waals surface area contributed by atoms with Crippen LogP contribution in [0.2, 0.25) is 0 Å². The van der Waals surface area contributed by atoms with E-state index in [-0.39, 0.29) is 11.7 Å². The molecule has 9 heteroatoms. The van der Waals surface area contributed by atoms with E-state index < -0.39 is 5.97 Å². The molecule has 2 N–H and O–H groups in total. The minimum atomic E-state index is -0.517. The van der Waals surface area contributed by atoms with E-state index >= 15 is 0 Å². The van der Waals surface area contributed by atoms with Crippen LogP contribution in [0.4, 0.5) is 11.4 Å². The Hall–Kier alpha value is -3.98. The van der Waals surface area contributed by atoms with Crippen LogP contribution in [0.5, 0.6) is 0 Å². The zero-order valence-electron chi connectivity index (χ0n) is 19.8. The lowest BCUT2D eigenvalue weighted by atomic mass is 9.93. The molecule has 0 saturated heterocycles. The van der Waals surface area contributed by atoms with Crippen molar-refractivity contribution in [2.75, 3.05) is 24.4 Å². The third-order valence-electron chi connectivity index (χ3n) is 5.82. The summed E-state index contributed by atoms with van der Waals surface area (Å²) in [5.41, 5.74) is 6.80. The molecule has 35 heavy (non-hydrogen) atoms. The van der Waals surface area contributed by atoms with Gasteiger partial charge in [0.15, 0.2) is 10.9 Å². The summed E-state index contributed by atoms with van der Waals surface area (Å²) in [5.74, 6) is 0.0594. The summed E-state index contributed by atoms with van der Waals surface area (Å²) in [7, 11) is 2.91. The first-order chi connectivity index (χ1) is 16.9. The third kappa shape index (κ3) is 5.09. The Balaban J connectivity index is 1.58. The summed E-state index contributed by atoms with van der Waals surface area (Å²) in [4.78, 5) is 27.0. The van der Waals surface area contributed by atoms with E-state index in [0.29, 0.717) is 34.1 Å². The van der Waals surface area contributed by atoms with Gasteiger partial charge in [-0.15, -0.1) is 0 Å². The second-order valence-electron chi connectivity index (χ2n) is 8.07. The quantitative estimate of drug-likeness (QED) is 0.305. The second kappa shape index (κ2) is 10.5. The summed E-state index contributed by atoms with van der Waals surface area (Å²) >= 11 is 5.36. The zero-order valence-corrected chi connectivity index (χ0v) is 20.6. The highest BCUT2D eigenvalue weighted by Crippen LogP contribution is 2.32. The number of carbonyl (C=O) groups excluding carboxylic acids is 2. The average molecular weight is 491 g/mol. The predicted octanol–water partition coefficient (Wildman–Crippen LogP) is 4.68. The van der Waals surface area contributed by atoms with Crippen molar-refractivity contribution in [2.24, 2.45) is 5.10 Å². The maximum Gasteiger partial charge on any atom is 0.339 e. The van der Waals surface area contributed by atoms with Crippen LogP contribution in [-0.4, -0.2) is 36.9 Å². The van der Waals surface area contributed by atoms with Crippen LogP contribution in [0.3, 0.4) is 0 Å². The number of hydrogen-bond donors (Lipinski definition) is 2. The number of nitrogens with zero attached hydrogens (tertiary/aromatic N) is 2. The van der Waals surface area contributed by atoms with Crippen LogP contribution >= 0.6 is 12.2 Å². The molecule has 0 unspecified atom stereocenters. The number of hydrogen-bond acceptors (Lipinski definition) is 6. The van der Waals surface area contributed by atoms with E-state index in [9.17, 15) is 9.59 Å². The second-order valence-corrected chi connectivity index (χ2v) is 8.48. The number of fused-ring (bicyclic) bond motifs is 1. The SMILES string of the molecule is COC(=O)c1ccccc1N(C)C(=O)c1oc2c(c1C)/C(=N/NC(=S)Nc1ccccc1)CCC2. The number of anilines is 2. The fourth-order valence-electron chi connectivity index (χ4n) is 4.09. The Labute approximate surface area is 209 Å². The highest BCUT2D eigenvalue weighted by atomic mass is 32.1. The number of hydrazone groups is 1. The molecule has 4 rings (SSSR count). The number of aryl methyl sites for hydroxylation is 1. The molecule has 1 aliphatic carbocycles. The van der Waals surface area contributed by atoms with E-state index in [4.69, 9.17) is 21.4 Å². The van der Waals surface area contributed by atoms with Crippen LogP contribution < -0.4 is 15.6 Å². The van der Waals surface area contributed by atoms with Gasteiger partial charge in [-0.1, -0.05) is 30.3 Å². The van der Waals surface area contributed by atoms with Gasteiger partial charge in [0.1, 0.15) is 5.76 Å². The van der Waals surface area contributed by atoms with E-state index in [1.165, 1.54) is 12.0 Å². The van der Waals surface area contributed by atoms with Crippen molar-refractivity contribution < 1.29 is 18.7 Å². The monoisotopic (exact) mass is 490 g/mol. The molecular weight excluding hydrogens is 464 g/mol. The number of ether oxygens (including phenoxy) is 1. The van der Waals surface area contributed by atoms with Crippen LogP contribution in [0, 0.1) is 6.92 Å². The van der Waals surface area contributed by atoms with Crippen molar-refractivity contribution in [3.63, 3.8) is 0 Å². The standard InChI is InChI=1S/C26H26N4O4S/c1-16-22-19(28-29-26(35)27-17-10-5-4-6-11-17)13-9-15-21(22)34-23(16)24(31)30(2)20-14-8-7-12-18(20)25(32)33-3/h4-8,10-12,14H,9,13,15H2,1-3H3,(H2,27,29,35)/b28-19+. The maximum atomic E-state index is 13.4. The van der Waals surface area contributed by atoms with E-state index in [1.807, 2.05) is 37.3 Å². The number of amides is 1. The number of esters is 1. The minimum Gasteiger partial charge on any atom is -0.465 e. The van der Waals surface area contributed by atoms with Crippen molar-refractivity contribution >= 4 is 46.3 Å². The zero-order chi connectivity index (χ0) is 24.9. The first kappa shape index (κ1) is 24.2. The average Bonchev–Trinajstić information content (AvgIpc) is 3.23. The smallest absolute Gasteiger partial charge is 0.339 e. The fraction of sp³-hybridized carbons (Fsp3) is 0.231. The molecule has 0 atom stereocenters. The van der Waals surface area contributed by atoms with E-state index in [2.05, 4.69) is 15.8 Å². The number of thiocarbonyl (C=S) groups is 1. The van der Waals surface area contributed by atoms with Crippen molar-refractivity contribution in [2.45, 2.75) is 26.2 Å². The topological polar surface area (TPSA) is 96.2 Å². The molecule has 180 valence electrons. The number of rotatable bonds is 5. The summed E-state index contributed by atoms with van der Waals surface area (Å²) < 4.78 is 10.9. The Morgan fingerprint density at radius 3 is 2.54 bits per heavy atom. The van der Waals surface area contributed by atoms with Crippen molar-refractivity contribution in [1.29, 1.82) is 0 Å². The number of methoxy groups -OCH3 is 1. The lowest BCUT2D eigenvalue weighted by Crippen LogP contribution is -2.28. The number of benzene rings is 2. The summed E-state index contributed by atoms with van der Waals surface area (Å²) in [6.45, 7) is 1.84. The van der Waals surface area contributed by atoms with Gasteiger partial charge < -0.3 is 19.4 Å². The third-order valence-corrected chi connectivity index (χ3v) is 6.01. The maximum absolute atomic E-state index is 13.4. The Morgan fingerprint density at radius 1 is 1.09 bits per heavy atom. The van der Waals surface area contributed by atoms with Crippen LogP contribution in [0.25, 0.3) is 0 Å². The van der Waals surface area contributed by atoms with Crippen LogP contribution in [0.1, 0.15) is 50.6 Å². The molecule has 1 heterocycles. The Kier molecular flexibility index (Phi) is 7.26. The number of furan rings is 1. The number of para-hydroxylation sites is 2. The Bertz CT molecular complexity index is 1300. The van der Waals surface area contributed by atoms with Gasteiger partial charge in [0.05, 0.1) is 24.1 Å². The molecule has 0 spiro atoms. The molecule has 1 amide bonds. The van der Waals surface area contributed by atoms with E-state index in [1.54, 1.807) is 31.3 Å². The van der Waals surface area contributed by atoms with Gasteiger partial charge >= 0.3 is 5.97 Å². The summed E-state index contributed by atoms with van der Waals surface area (Å²) in [6.07, 6.45) is 2.27. The summed E-state index contributed by atoms with van der Waals surface area (Å²) in [6, 6.07) is 16.4. The lowest BCUT2D eigenvalue weighted by molar-refractivity contribution is 0.0601. The van der Waals surface area contributed by atoms with Crippen molar-refractivity contribution in [3.05, 3.63) is 82.8 Å². The highest BCUT2D eigenvalue weighted by molar-refractivity contribution is 7.80. The molecule has 0 bridgehead atoms. The molecule has 0 radical (unpaired) electrons. The van der Waals surface area contributed by atoms with Crippen molar-refractivity contribution in [3.8, 4) is 0 Å². The molecule has 1 aliphatic rings. The molecule has 8 nitrogen and oxygen atoms in total. The molecule has 0 saturated carbocycles. The molecular formula is C26H26N4O4S. The number of carbonyl (C=O) groups is 2. The molecule has 1 aromatic heterocycles. The van der Waals surface area contributed by atoms with Gasteiger partial charge in [0.25, 0.3) is 5.91 Å². The summed E-state index contributed by atoms with van der Waals surface area (Å²) in [5, 5.41) is 7.98. The van der Waals surface area contributed by atoms with E-state index in [0.717, 1.165) is 29.8 Å². The first-order valence-electron chi connectivity index (χ1n) is 11.2. The minimum absolute atomic E-state index is 0.219. The van der Waals surface area contributed by atoms with Gasteiger partial charge in [-0.2, -0.15) is 5.10 Å². The fourth-order valence-corrected chi connectivity index (χ4v) is 4.26. The van der Waals surface area contributed by atoms with Gasteiger partial charge in [0, 0.05) is 30.3 Å². The highest BCUT2D eigenvalue weighted by Gasteiger charge is 2.30. The molecule has 3 aromatic rings. The normalized spacial score (nSPS) is 13.6. The molecule has 0 fully saturated rings. The van der Waals surface area contributed by atoms with Gasteiger partial charge in [0.2, 0.25) is 0 Å². The van der Waals surface area contributed by atoms with Crippen LogP contribution in [-0.2, 0) is 11.2 Å². The molecule has 0 aliphatic heterocycles. The first-order valence-corrected chi connectivity index (χ1v) is 11.6. The van der Waals surface area contributed by atoms with Crippen LogP contribution in [0.15, 0.2) is 64.1 Å². The van der Waals surface area contributed by atoms with Crippen molar-refractivity contribution in [1.82, 2.24) is 5.43 Å². The van der Waals surface area contributed by atoms with Gasteiger partial charge in [-0.05, 0) is 56.2 Å². The predicted molar refractivity (Wildman–Crippen MR) is 139 cm³/mol. The Morgan fingerprint density at radius 2 is 1.80 bits per heavy atom. The number of nitrogens with one attached hydrogen (secondary N) is 2. The van der Waals surface area contributed by atoms with Gasteiger partial charge in [-0.3, -0.25) is 10.2 Å². The van der Waals surface area contributed by atoms with Gasteiger partial charge in [-0.25, -0.2) is 4.79 Å².